The van der Waals surface area contributed by atoms with E-state index in [9.17, 15) is 13.5 Å². The molecule has 6 nitrogen and oxygen atoms in total. The molecule has 19 heavy (non-hydrogen) atoms. The second-order valence-electron chi connectivity index (χ2n) is 5.67. The summed E-state index contributed by atoms with van der Waals surface area (Å²) in [6, 6.07) is -0.288. The number of hydrogen-bond acceptors (Lipinski definition) is 4. The number of aliphatic hydroxyl groups excluding tert-OH is 1. The summed E-state index contributed by atoms with van der Waals surface area (Å²) < 4.78 is 34.2. The van der Waals surface area contributed by atoms with Crippen LogP contribution >= 0.6 is 0 Å². The Morgan fingerprint density at radius 2 is 2.21 bits per heavy atom. The highest BCUT2D eigenvalue weighted by Crippen LogP contribution is 2.25. The average molecular weight is 292 g/mol. The van der Waals surface area contributed by atoms with Crippen molar-refractivity contribution in [3.05, 3.63) is 0 Å². The Labute approximate surface area is 115 Å². The number of aliphatic hydroxyl groups is 1. The SMILES string of the molecule is CC1(CNS(=O)(=O)N2CCCCC2CO)CCCO1. The van der Waals surface area contributed by atoms with E-state index in [0.717, 1.165) is 32.1 Å². The van der Waals surface area contributed by atoms with Crippen LogP contribution in [0, 0.1) is 0 Å². The summed E-state index contributed by atoms with van der Waals surface area (Å²) in [5, 5.41) is 9.30. The zero-order valence-electron chi connectivity index (χ0n) is 11.5. The van der Waals surface area contributed by atoms with Crippen molar-refractivity contribution in [3.63, 3.8) is 0 Å². The third-order valence-electron chi connectivity index (χ3n) is 4.02. The van der Waals surface area contributed by atoms with Crippen molar-refractivity contribution >= 4 is 10.2 Å². The molecule has 2 heterocycles. The molecule has 2 saturated heterocycles. The normalized spacial score (nSPS) is 33.7. The minimum absolute atomic E-state index is 0.116. The van der Waals surface area contributed by atoms with Gasteiger partial charge in [-0.05, 0) is 32.6 Å². The summed E-state index contributed by atoms with van der Waals surface area (Å²) in [6.07, 6.45) is 4.40. The van der Waals surface area contributed by atoms with Gasteiger partial charge < -0.3 is 9.84 Å². The quantitative estimate of drug-likeness (QED) is 0.760. The maximum Gasteiger partial charge on any atom is 0.279 e. The highest BCUT2D eigenvalue weighted by molar-refractivity contribution is 7.87. The van der Waals surface area contributed by atoms with Crippen LogP contribution in [0.2, 0.25) is 0 Å². The standard InChI is InChI=1S/C12H24N2O4S/c1-12(6-4-8-18-12)10-13-19(16,17)14-7-3-2-5-11(14)9-15/h11,13,15H,2-10H2,1H3. The van der Waals surface area contributed by atoms with Gasteiger partial charge in [0.15, 0.2) is 0 Å². The molecule has 0 aromatic heterocycles. The smallest absolute Gasteiger partial charge is 0.279 e. The van der Waals surface area contributed by atoms with Crippen LogP contribution in [0.25, 0.3) is 0 Å². The number of nitrogens with zero attached hydrogens (tertiary/aromatic N) is 1. The molecule has 0 bridgehead atoms. The van der Waals surface area contributed by atoms with E-state index in [2.05, 4.69) is 4.72 Å². The summed E-state index contributed by atoms with van der Waals surface area (Å²) >= 11 is 0. The zero-order chi connectivity index (χ0) is 13.9. The van der Waals surface area contributed by atoms with Crippen molar-refractivity contribution in [1.29, 1.82) is 0 Å². The van der Waals surface area contributed by atoms with Crippen molar-refractivity contribution < 1.29 is 18.3 Å². The summed E-state index contributed by atoms with van der Waals surface area (Å²) in [6.45, 7) is 3.29. The fraction of sp³-hybridized carbons (Fsp3) is 1.00. The van der Waals surface area contributed by atoms with Crippen molar-refractivity contribution in [2.75, 3.05) is 26.3 Å². The molecule has 2 fully saturated rings. The molecule has 7 heteroatoms. The molecule has 2 rings (SSSR count). The van der Waals surface area contributed by atoms with E-state index in [1.54, 1.807) is 0 Å². The second-order valence-corrected chi connectivity index (χ2v) is 7.38. The second kappa shape index (κ2) is 6.05. The molecular formula is C12H24N2O4S. The van der Waals surface area contributed by atoms with Gasteiger partial charge in [0, 0.05) is 25.7 Å². The maximum atomic E-state index is 12.3. The first-order chi connectivity index (χ1) is 8.97. The molecule has 0 amide bonds. The Morgan fingerprint density at radius 1 is 1.42 bits per heavy atom. The summed E-state index contributed by atoms with van der Waals surface area (Å²) in [4.78, 5) is 0. The Bertz CT molecular complexity index is 393. The van der Waals surface area contributed by atoms with Crippen molar-refractivity contribution in [3.8, 4) is 0 Å². The van der Waals surface area contributed by atoms with Gasteiger partial charge in [0.05, 0.1) is 12.2 Å². The summed E-state index contributed by atoms with van der Waals surface area (Å²) in [5.74, 6) is 0. The molecule has 0 spiro atoms. The molecule has 2 N–H and O–H groups in total. The Kier molecular flexibility index (Phi) is 4.84. The summed E-state index contributed by atoms with van der Waals surface area (Å²) in [5.41, 5.74) is -0.391. The first-order valence-electron chi connectivity index (χ1n) is 6.98. The highest BCUT2D eigenvalue weighted by Gasteiger charge is 2.35. The average Bonchev–Trinajstić information content (AvgIpc) is 2.84. The fourth-order valence-corrected chi connectivity index (χ4v) is 4.36. The number of hydrogen-bond donors (Lipinski definition) is 2. The van der Waals surface area contributed by atoms with Crippen LogP contribution in [-0.4, -0.2) is 55.8 Å². The van der Waals surface area contributed by atoms with Crippen LogP contribution < -0.4 is 4.72 Å². The number of rotatable bonds is 5. The zero-order valence-corrected chi connectivity index (χ0v) is 12.3. The molecule has 0 aromatic carbocycles. The van der Waals surface area contributed by atoms with E-state index in [1.165, 1.54) is 4.31 Å². The van der Waals surface area contributed by atoms with Gasteiger partial charge in [0.1, 0.15) is 0 Å². The Balaban J connectivity index is 1.96. The fourth-order valence-electron chi connectivity index (χ4n) is 2.78. The van der Waals surface area contributed by atoms with Crippen molar-refractivity contribution in [2.45, 2.75) is 50.7 Å². The Morgan fingerprint density at radius 3 is 2.84 bits per heavy atom. The monoisotopic (exact) mass is 292 g/mol. The van der Waals surface area contributed by atoms with Crippen LogP contribution in [-0.2, 0) is 14.9 Å². The number of ether oxygens (including phenoxy) is 1. The molecule has 0 saturated carbocycles. The van der Waals surface area contributed by atoms with Gasteiger partial charge in [-0.25, -0.2) is 0 Å². The first kappa shape index (κ1) is 15.2. The predicted molar refractivity (Wildman–Crippen MR) is 71.9 cm³/mol. The van der Waals surface area contributed by atoms with Crippen LogP contribution in [0.3, 0.4) is 0 Å². The van der Waals surface area contributed by atoms with Gasteiger partial charge >= 0.3 is 0 Å². The van der Waals surface area contributed by atoms with Crippen molar-refractivity contribution in [2.24, 2.45) is 0 Å². The molecule has 0 aromatic rings. The van der Waals surface area contributed by atoms with E-state index in [0.29, 0.717) is 19.7 Å². The van der Waals surface area contributed by atoms with Gasteiger partial charge in [0.2, 0.25) is 0 Å². The number of piperidine rings is 1. The largest absolute Gasteiger partial charge is 0.395 e. The third kappa shape index (κ3) is 3.66. The predicted octanol–water partition coefficient (Wildman–Crippen LogP) is 0.237. The molecule has 0 aliphatic carbocycles. The van der Waals surface area contributed by atoms with E-state index < -0.39 is 15.8 Å². The van der Waals surface area contributed by atoms with Crippen LogP contribution in [0.5, 0.6) is 0 Å². The summed E-state index contributed by atoms with van der Waals surface area (Å²) in [7, 11) is -3.53. The van der Waals surface area contributed by atoms with Crippen LogP contribution in [0.15, 0.2) is 0 Å². The number of nitrogens with one attached hydrogen (secondary N) is 1. The third-order valence-corrected chi connectivity index (χ3v) is 5.63. The lowest BCUT2D eigenvalue weighted by molar-refractivity contribution is 0.0245. The molecule has 2 unspecified atom stereocenters. The van der Waals surface area contributed by atoms with Gasteiger partial charge in [-0.15, -0.1) is 0 Å². The Hall–Kier alpha value is -0.210. The van der Waals surface area contributed by atoms with E-state index in [4.69, 9.17) is 4.74 Å². The van der Waals surface area contributed by atoms with Crippen LogP contribution in [0.1, 0.15) is 39.0 Å². The molecule has 112 valence electrons. The lowest BCUT2D eigenvalue weighted by Gasteiger charge is -2.34. The van der Waals surface area contributed by atoms with Gasteiger partial charge in [-0.3, -0.25) is 0 Å². The van der Waals surface area contributed by atoms with Crippen molar-refractivity contribution in [1.82, 2.24) is 9.03 Å². The lowest BCUT2D eigenvalue weighted by atomic mass is 10.0. The first-order valence-corrected chi connectivity index (χ1v) is 8.42. The minimum Gasteiger partial charge on any atom is -0.395 e. The molecule has 0 radical (unpaired) electrons. The molecule has 2 aliphatic rings. The van der Waals surface area contributed by atoms with Crippen LogP contribution in [0.4, 0.5) is 0 Å². The van der Waals surface area contributed by atoms with E-state index in [1.807, 2.05) is 6.92 Å². The van der Waals surface area contributed by atoms with Gasteiger partial charge in [0.25, 0.3) is 10.2 Å². The molecule has 2 atom stereocenters. The topological polar surface area (TPSA) is 78.9 Å². The minimum atomic E-state index is -3.53. The highest BCUT2D eigenvalue weighted by atomic mass is 32.2. The lowest BCUT2D eigenvalue weighted by Crippen LogP contribution is -2.52. The van der Waals surface area contributed by atoms with E-state index >= 15 is 0 Å². The van der Waals surface area contributed by atoms with Gasteiger partial charge in [-0.1, -0.05) is 6.42 Å². The maximum absolute atomic E-state index is 12.3. The van der Waals surface area contributed by atoms with E-state index in [-0.39, 0.29) is 12.6 Å². The molecule has 2 aliphatic heterocycles. The van der Waals surface area contributed by atoms with Gasteiger partial charge in [-0.2, -0.15) is 17.4 Å². The molecular weight excluding hydrogens is 268 g/mol.